The van der Waals surface area contributed by atoms with Crippen molar-refractivity contribution in [1.82, 2.24) is 10.6 Å². The second-order valence-electron chi connectivity index (χ2n) is 3.19. The van der Waals surface area contributed by atoms with Crippen molar-refractivity contribution < 1.29 is 53.2 Å². The molecule has 0 heterocycles. The summed E-state index contributed by atoms with van der Waals surface area (Å²) in [4.78, 5) is 21.1. The molecule has 102 valence electrons. The van der Waals surface area contributed by atoms with Crippen LogP contribution in [0.2, 0.25) is 0 Å². The molecule has 0 rings (SSSR count). The fourth-order valence-corrected chi connectivity index (χ4v) is 1.83. The standard InChI is InChI=1S/C8H16N2O5S2.Na.H/c1-6(11)9-3-4-15-17(13,14)8(16)5-10-7(2)12;;/h8,16H,3-5H2,1-2H3,(H,9,11)(H,10,12);;/q;+1;-1. The average molecular weight is 308 g/mol. The molecule has 1 atom stereocenters. The van der Waals surface area contributed by atoms with Crippen molar-refractivity contribution >= 4 is 34.6 Å². The molecule has 18 heavy (non-hydrogen) atoms. The number of hydrogen-bond acceptors (Lipinski definition) is 6. The van der Waals surface area contributed by atoms with Crippen LogP contribution in [0.25, 0.3) is 0 Å². The molecule has 0 spiro atoms. The number of nitrogens with one attached hydrogen (secondary N) is 2. The molecule has 0 fully saturated rings. The van der Waals surface area contributed by atoms with E-state index in [-0.39, 0.29) is 62.5 Å². The van der Waals surface area contributed by atoms with Gasteiger partial charge in [0, 0.05) is 26.9 Å². The fraction of sp³-hybridized carbons (Fsp3) is 0.750. The fourth-order valence-electron chi connectivity index (χ4n) is 0.797. The third-order valence-corrected chi connectivity index (χ3v) is 3.87. The van der Waals surface area contributed by atoms with Crippen molar-refractivity contribution in [2.45, 2.75) is 18.4 Å². The molecule has 0 aliphatic heterocycles. The molecular formula is C8H17N2NaO5S2. The van der Waals surface area contributed by atoms with Crippen LogP contribution < -0.4 is 40.2 Å². The Morgan fingerprint density at radius 3 is 2.22 bits per heavy atom. The smallest absolute Gasteiger partial charge is 1.00 e. The zero-order valence-corrected chi connectivity index (χ0v) is 14.3. The Kier molecular flexibility index (Phi) is 11.4. The summed E-state index contributed by atoms with van der Waals surface area (Å²) in [5.41, 5.74) is 0. The van der Waals surface area contributed by atoms with Crippen LogP contribution in [0, 0.1) is 0 Å². The topological polar surface area (TPSA) is 102 Å². The molecule has 0 aromatic heterocycles. The minimum atomic E-state index is -3.86. The Hall–Kier alpha value is 0.200. The Labute approximate surface area is 136 Å². The predicted molar refractivity (Wildman–Crippen MR) is 66.1 cm³/mol. The van der Waals surface area contributed by atoms with E-state index in [4.69, 9.17) is 0 Å². The summed E-state index contributed by atoms with van der Waals surface area (Å²) in [5.74, 6) is -0.621. The average Bonchev–Trinajstić information content (AvgIpc) is 2.20. The van der Waals surface area contributed by atoms with Gasteiger partial charge in [0.1, 0.15) is 4.58 Å². The Morgan fingerprint density at radius 2 is 1.78 bits per heavy atom. The molecule has 10 heteroatoms. The van der Waals surface area contributed by atoms with Crippen LogP contribution in [-0.4, -0.2) is 44.5 Å². The largest absolute Gasteiger partial charge is 1.00 e. The molecule has 7 nitrogen and oxygen atoms in total. The van der Waals surface area contributed by atoms with Crippen molar-refractivity contribution in [3.63, 3.8) is 0 Å². The van der Waals surface area contributed by atoms with E-state index in [2.05, 4.69) is 27.4 Å². The molecule has 2 amide bonds. The number of carbonyl (C=O) groups is 2. The summed E-state index contributed by atoms with van der Waals surface area (Å²) in [6, 6.07) is 0. The maximum atomic E-state index is 11.4. The van der Waals surface area contributed by atoms with Gasteiger partial charge in [-0.3, -0.25) is 13.8 Å². The van der Waals surface area contributed by atoms with Crippen molar-refractivity contribution in [2.24, 2.45) is 0 Å². The third kappa shape index (κ3) is 10.2. The summed E-state index contributed by atoms with van der Waals surface area (Å²) in [6.07, 6.45) is 0. The van der Waals surface area contributed by atoms with Gasteiger partial charge in [-0.25, -0.2) is 0 Å². The van der Waals surface area contributed by atoms with Crippen LogP contribution >= 0.6 is 12.6 Å². The first kappa shape index (κ1) is 20.5. The van der Waals surface area contributed by atoms with Crippen LogP contribution in [-0.2, 0) is 23.9 Å². The number of carbonyl (C=O) groups excluding carboxylic acids is 2. The summed E-state index contributed by atoms with van der Waals surface area (Å²) in [7, 11) is -3.86. The SMILES string of the molecule is CC(=O)NCCOS(=O)(=O)C(S)CNC(C)=O.[H-].[Na+]. The van der Waals surface area contributed by atoms with Crippen molar-refractivity contribution in [1.29, 1.82) is 0 Å². The van der Waals surface area contributed by atoms with Crippen LogP contribution in [0.4, 0.5) is 0 Å². The normalized spacial score (nSPS) is 12.2. The Morgan fingerprint density at radius 1 is 1.28 bits per heavy atom. The van der Waals surface area contributed by atoms with E-state index in [0.29, 0.717) is 0 Å². The second-order valence-corrected chi connectivity index (χ2v) is 5.95. The minimum Gasteiger partial charge on any atom is -1.00 e. The minimum absolute atomic E-state index is 0. The van der Waals surface area contributed by atoms with Crippen molar-refractivity contribution in [3.8, 4) is 0 Å². The van der Waals surface area contributed by atoms with Gasteiger partial charge in [0.25, 0.3) is 10.1 Å². The number of amides is 2. The van der Waals surface area contributed by atoms with E-state index >= 15 is 0 Å². The first-order chi connectivity index (χ1) is 7.75. The zero-order valence-electron chi connectivity index (χ0n) is 11.6. The van der Waals surface area contributed by atoms with Gasteiger partial charge in [-0.05, 0) is 0 Å². The number of hydrogen-bond donors (Lipinski definition) is 3. The Balaban J connectivity index is -0.00000128. The molecule has 0 saturated heterocycles. The van der Waals surface area contributed by atoms with E-state index in [1.54, 1.807) is 0 Å². The molecule has 1 unspecified atom stereocenters. The van der Waals surface area contributed by atoms with Crippen molar-refractivity contribution in [3.05, 3.63) is 0 Å². The van der Waals surface area contributed by atoms with Crippen LogP contribution in [0.1, 0.15) is 15.3 Å². The molecule has 0 aliphatic rings. The van der Waals surface area contributed by atoms with Gasteiger partial charge in [-0.1, -0.05) is 0 Å². The number of thiol groups is 1. The van der Waals surface area contributed by atoms with Crippen LogP contribution in [0.15, 0.2) is 0 Å². The van der Waals surface area contributed by atoms with Crippen LogP contribution in [0.5, 0.6) is 0 Å². The van der Waals surface area contributed by atoms with E-state index in [0.717, 1.165) is 0 Å². The van der Waals surface area contributed by atoms with Gasteiger partial charge in [-0.15, -0.1) is 0 Å². The van der Waals surface area contributed by atoms with Gasteiger partial charge in [0.2, 0.25) is 11.8 Å². The van der Waals surface area contributed by atoms with E-state index in [1.165, 1.54) is 13.8 Å². The summed E-state index contributed by atoms with van der Waals surface area (Å²) in [5, 5.41) is 4.70. The summed E-state index contributed by atoms with van der Waals surface area (Å²) < 4.78 is 26.3. The predicted octanol–water partition coefficient (Wildman–Crippen LogP) is -4.02. The van der Waals surface area contributed by atoms with Gasteiger partial charge >= 0.3 is 29.6 Å². The monoisotopic (exact) mass is 308 g/mol. The molecule has 0 aliphatic carbocycles. The van der Waals surface area contributed by atoms with E-state index < -0.39 is 14.7 Å². The second kappa shape index (κ2) is 10.0. The van der Waals surface area contributed by atoms with Gasteiger partial charge < -0.3 is 12.1 Å². The third-order valence-electron chi connectivity index (χ3n) is 1.58. The molecule has 0 aromatic rings. The maximum absolute atomic E-state index is 11.4. The zero-order chi connectivity index (χ0) is 13.5. The number of rotatable bonds is 7. The molecule has 2 N–H and O–H groups in total. The summed E-state index contributed by atoms with van der Waals surface area (Å²) in [6.45, 7) is 2.37. The van der Waals surface area contributed by atoms with Gasteiger partial charge in [-0.2, -0.15) is 21.0 Å². The van der Waals surface area contributed by atoms with E-state index in [1.807, 2.05) is 0 Å². The quantitative estimate of drug-likeness (QED) is 0.192. The molecule has 0 aromatic carbocycles. The van der Waals surface area contributed by atoms with Crippen LogP contribution in [0.3, 0.4) is 0 Å². The molecule has 0 saturated carbocycles. The first-order valence-corrected chi connectivity index (χ1v) is 6.79. The Bertz CT molecular complexity index is 379. The van der Waals surface area contributed by atoms with Gasteiger partial charge in [0.05, 0.1) is 6.61 Å². The maximum Gasteiger partial charge on any atom is 1.00 e. The first-order valence-electron chi connectivity index (χ1n) is 4.81. The molecular weight excluding hydrogens is 291 g/mol. The van der Waals surface area contributed by atoms with E-state index in [9.17, 15) is 18.0 Å². The van der Waals surface area contributed by atoms with Gasteiger partial charge in [0.15, 0.2) is 0 Å². The molecule has 0 bridgehead atoms. The van der Waals surface area contributed by atoms with Crippen molar-refractivity contribution in [2.75, 3.05) is 19.7 Å². The molecule has 0 radical (unpaired) electrons. The summed E-state index contributed by atoms with van der Waals surface area (Å²) >= 11 is 3.81.